The predicted molar refractivity (Wildman–Crippen MR) is 113 cm³/mol. The Bertz CT molecular complexity index is 980. The van der Waals surface area contributed by atoms with E-state index in [1.165, 1.54) is 24.3 Å². The molecule has 2 rings (SSSR count). The van der Waals surface area contributed by atoms with E-state index >= 15 is 0 Å². The summed E-state index contributed by atoms with van der Waals surface area (Å²) in [6.07, 6.45) is 5.72. The van der Waals surface area contributed by atoms with Gasteiger partial charge < -0.3 is 10.6 Å². The highest BCUT2D eigenvalue weighted by molar-refractivity contribution is 6.10. The number of nitro benzene ring substituents is 1. The van der Waals surface area contributed by atoms with E-state index < -0.39 is 10.8 Å². The van der Waals surface area contributed by atoms with Crippen molar-refractivity contribution < 1.29 is 14.5 Å². The highest BCUT2D eigenvalue weighted by Gasteiger charge is 2.21. The fourth-order valence-electron chi connectivity index (χ4n) is 2.63. The monoisotopic (exact) mass is 391 g/mol. The summed E-state index contributed by atoms with van der Waals surface area (Å²) in [5, 5.41) is 16.5. The van der Waals surface area contributed by atoms with Crippen LogP contribution in [0.1, 0.15) is 27.1 Å². The summed E-state index contributed by atoms with van der Waals surface area (Å²) in [5.41, 5.74) is 1.06. The highest BCUT2D eigenvalue weighted by atomic mass is 16.6. The third-order valence-corrected chi connectivity index (χ3v) is 4.06. The summed E-state index contributed by atoms with van der Waals surface area (Å²) >= 11 is 0. The molecule has 2 aromatic rings. The molecule has 2 aromatic carbocycles. The molecule has 2 N–H and O–H groups in total. The number of para-hydroxylation sites is 2. The van der Waals surface area contributed by atoms with E-state index in [0.29, 0.717) is 13.0 Å². The van der Waals surface area contributed by atoms with Crippen LogP contribution in [-0.4, -0.2) is 23.3 Å². The quantitative estimate of drug-likeness (QED) is 0.379. The number of carbonyl (C=O) groups excluding carboxylic acids is 2. The standard InChI is InChI=1S/C22H21N3O4/c1-3-9-16(4-2)14-15-23-21(26)17-10-5-7-12-19(17)24-22(27)18-11-6-8-13-20(18)25(28)29/h3-13H,1-2,14-15H2,(H,23,26)(H,24,27)/b16-9+. The maximum Gasteiger partial charge on any atom is 0.282 e. The molecule has 29 heavy (non-hydrogen) atoms. The van der Waals surface area contributed by atoms with E-state index in [-0.39, 0.29) is 28.4 Å². The van der Waals surface area contributed by atoms with Gasteiger partial charge in [0.1, 0.15) is 5.56 Å². The van der Waals surface area contributed by atoms with Crippen molar-refractivity contribution in [3.05, 3.63) is 107 Å². The van der Waals surface area contributed by atoms with Gasteiger partial charge in [0, 0.05) is 12.6 Å². The van der Waals surface area contributed by atoms with Gasteiger partial charge in [0.25, 0.3) is 17.5 Å². The van der Waals surface area contributed by atoms with Crippen LogP contribution in [0.15, 0.2) is 85.5 Å². The van der Waals surface area contributed by atoms with Gasteiger partial charge in [-0.1, -0.05) is 55.7 Å². The smallest absolute Gasteiger partial charge is 0.282 e. The summed E-state index contributed by atoms with van der Waals surface area (Å²) in [6.45, 7) is 7.70. The van der Waals surface area contributed by atoms with Crippen LogP contribution in [0, 0.1) is 10.1 Å². The summed E-state index contributed by atoms with van der Waals surface area (Å²) in [5.74, 6) is -1.04. The van der Waals surface area contributed by atoms with Crippen LogP contribution in [0.5, 0.6) is 0 Å². The van der Waals surface area contributed by atoms with Gasteiger partial charge in [-0.25, -0.2) is 0 Å². The molecule has 0 radical (unpaired) electrons. The van der Waals surface area contributed by atoms with Crippen LogP contribution < -0.4 is 10.6 Å². The molecule has 0 bridgehead atoms. The van der Waals surface area contributed by atoms with Gasteiger partial charge in [-0.2, -0.15) is 0 Å². The van der Waals surface area contributed by atoms with E-state index in [1.807, 2.05) is 0 Å². The number of rotatable bonds is 9. The van der Waals surface area contributed by atoms with Crippen LogP contribution in [0.25, 0.3) is 0 Å². The first kappa shape index (κ1) is 21.3. The van der Waals surface area contributed by atoms with Gasteiger partial charge in [-0.3, -0.25) is 19.7 Å². The second kappa shape index (κ2) is 10.4. The Balaban J connectivity index is 2.14. The molecule has 0 saturated heterocycles. The van der Waals surface area contributed by atoms with Crippen molar-refractivity contribution in [3.63, 3.8) is 0 Å². The fourth-order valence-corrected chi connectivity index (χ4v) is 2.63. The first-order valence-electron chi connectivity index (χ1n) is 8.84. The van der Waals surface area contributed by atoms with Crippen molar-refractivity contribution >= 4 is 23.2 Å². The van der Waals surface area contributed by atoms with Gasteiger partial charge in [0.15, 0.2) is 0 Å². The molecule has 0 aromatic heterocycles. The molecule has 0 aliphatic rings. The summed E-state index contributed by atoms with van der Waals surface area (Å²) in [7, 11) is 0. The molecular formula is C22H21N3O4. The predicted octanol–water partition coefficient (Wildman–Crippen LogP) is 4.27. The maximum atomic E-state index is 12.6. The second-order valence-corrected chi connectivity index (χ2v) is 5.96. The zero-order valence-corrected chi connectivity index (χ0v) is 15.8. The number of nitro groups is 1. The lowest BCUT2D eigenvalue weighted by molar-refractivity contribution is -0.385. The van der Waals surface area contributed by atoms with Gasteiger partial charge in [0.05, 0.1) is 16.2 Å². The van der Waals surface area contributed by atoms with Crippen molar-refractivity contribution in [1.29, 1.82) is 0 Å². The largest absolute Gasteiger partial charge is 0.352 e. The molecule has 0 spiro atoms. The molecule has 0 atom stereocenters. The number of benzene rings is 2. The van der Waals surface area contributed by atoms with Crippen LogP contribution in [0.4, 0.5) is 11.4 Å². The Morgan fingerprint density at radius 2 is 1.66 bits per heavy atom. The molecule has 0 unspecified atom stereocenters. The molecule has 0 aliphatic heterocycles. The Hall–Kier alpha value is -4.00. The minimum atomic E-state index is -0.666. The fraction of sp³-hybridized carbons (Fsp3) is 0.0909. The number of hydrogen-bond acceptors (Lipinski definition) is 4. The molecule has 0 heterocycles. The summed E-state index contributed by atoms with van der Waals surface area (Å²) in [6, 6.07) is 12.1. The summed E-state index contributed by atoms with van der Waals surface area (Å²) < 4.78 is 0. The van der Waals surface area contributed by atoms with E-state index in [9.17, 15) is 19.7 Å². The van der Waals surface area contributed by atoms with Crippen LogP contribution >= 0.6 is 0 Å². The number of anilines is 1. The number of nitrogens with zero attached hydrogens (tertiary/aromatic N) is 1. The SMILES string of the molecule is C=C/C=C(\C=C)CCNC(=O)c1ccccc1NC(=O)c1ccccc1[N+](=O)[O-]. The third kappa shape index (κ3) is 5.74. The maximum absolute atomic E-state index is 12.6. The van der Waals surface area contributed by atoms with Crippen molar-refractivity contribution in [2.24, 2.45) is 0 Å². The van der Waals surface area contributed by atoms with E-state index in [2.05, 4.69) is 23.8 Å². The number of carbonyl (C=O) groups is 2. The minimum absolute atomic E-state index is 0.0853. The molecule has 2 amide bonds. The first-order valence-corrected chi connectivity index (χ1v) is 8.84. The minimum Gasteiger partial charge on any atom is -0.352 e. The summed E-state index contributed by atoms with van der Waals surface area (Å²) in [4.78, 5) is 35.6. The molecule has 0 fully saturated rings. The lowest BCUT2D eigenvalue weighted by atomic mass is 10.1. The zero-order valence-electron chi connectivity index (χ0n) is 15.8. The number of amides is 2. The lowest BCUT2D eigenvalue weighted by Gasteiger charge is -2.12. The molecule has 0 aliphatic carbocycles. The van der Waals surface area contributed by atoms with Crippen molar-refractivity contribution in [2.45, 2.75) is 6.42 Å². The first-order chi connectivity index (χ1) is 14.0. The molecule has 148 valence electrons. The average Bonchev–Trinajstić information content (AvgIpc) is 2.73. The Morgan fingerprint density at radius 3 is 2.31 bits per heavy atom. The van der Waals surface area contributed by atoms with Crippen molar-refractivity contribution in [2.75, 3.05) is 11.9 Å². The van der Waals surface area contributed by atoms with Gasteiger partial charge >= 0.3 is 0 Å². The highest BCUT2D eigenvalue weighted by Crippen LogP contribution is 2.21. The van der Waals surface area contributed by atoms with Crippen molar-refractivity contribution in [3.8, 4) is 0 Å². The van der Waals surface area contributed by atoms with Gasteiger partial charge in [-0.05, 0) is 30.2 Å². The Labute approximate surface area is 168 Å². The lowest BCUT2D eigenvalue weighted by Crippen LogP contribution is -2.26. The van der Waals surface area contributed by atoms with Gasteiger partial charge in [-0.15, -0.1) is 0 Å². The average molecular weight is 391 g/mol. The molecule has 0 saturated carbocycles. The Morgan fingerprint density at radius 1 is 1.00 bits per heavy atom. The number of nitrogens with one attached hydrogen (secondary N) is 2. The number of allylic oxidation sites excluding steroid dienone is 3. The van der Waals surface area contributed by atoms with Crippen molar-refractivity contribution in [1.82, 2.24) is 5.32 Å². The topological polar surface area (TPSA) is 101 Å². The van der Waals surface area contributed by atoms with E-state index in [0.717, 1.165) is 5.57 Å². The molecule has 7 heteroatoms. The van der Waals surface area contributed by atoms with E-state index in [1.54, 1.807) is 42.5 Å². The third-order valence-electron chi connectivity index (χ3n) is 4.06. The zero-order chi connectivity index (χ0) is 21.2. The van der Waals surface area contributed by atoms with E-state index in [4.69, 9.17) is 0 Å². The second-order valence-electron chi connectivity index (χ2n) is 5.96. The molecule has 7 nitrogen and oxygen atoms in total. The van der Waals surface area contributed by atoms with Crippen LogP contribution in [0.3, 0.4) is 0 Å². The van der Waals surface area contributed by atoms with Crippen LogP contribution in [0.2, 0.25) is 0 Å². The number of hydrogen-bond donors (Lipinski definition) is 2. The normalized spacial score (nSPS) is 10.7. The molecular weight excluding hydrogens is 370 g/mol. The van der Waals surface area contributed by atoms with Crippen LogP contribution in [-0.2, 0) is 0 Å². The van der Waals surface area contributed by atoms with Gasteiger partial charge in [0.2, 0.25) is 0 Å². The Kier molecular flexibility index (Phi) is 7.61.